The summed E-state index contributed by atoms with van der Waals surface area (Å²) in [5, 5.41) is 16.6. The van der Waals surface area contributed by atoms with Gasteiger partial charge < -0.3 is 38.7 Å². The summed E-state index contributed by atoms with van der Waals surface area (Å²) in [5.41, 5.74) is 0.780. The van der Waals surface area contributed by atoms with Gasteiger partial charge in [0.2, 0.25) is 29.4 Å². The lowest BCUT2D eigenvalue weighted by molar-refractivity contribution is -0.169. The highest BCUT2D eigenvalue weighted by molar-refractivity contribution is 7.63. The molecule has 0 unspecified atom stereocenters. The van der Waals surface area contributed by atoms with Crippen LogP contribution in [0.15, 0.2) is 60.7 Å². The second-order valence-corrected chi connectivity index (χ2v) is 15.2. The largest absolute Gasteiger partial charge is 0.490 e. The van der Waals surface area contributed by atoms with Crippen molar-refractivity contribution in [3.63, 3.8) is 0 Å². The van der Waals surface area contributed by atoms with E-state index in [-0.39, 0.29) is 62.0 Å². The summed E-state index contributed by atoms with van der Waals surface area (Å²) in [6.45, 7) is 4.54. The first-order valence-corrected chi connectivity index (χ1v) is 18.8. The second kappa shape index (κ2) is 28.5. The molecule has 0 spiro atoms. The van der Waals surface area contributed by atoms with Crippen LogP contribution in [-0.4, -0.2) is 159 Å². The number of nitrogens with zero attached hydrogens (tertiary/aromatic N) is 2. The molecule has 4 amide bonds. The van der Waals surface area contributed by atoms with Gasteiger partial charge in [0.05, 0.1) is 36.8 Å². The van der Waals surface area contributed by atoms with Crippen molar-refractivity contribution in [2.24, 2.45) is 0 Å². The van der Waals surface area contributed by atoms with E-state index in [0.717, 1.165) is 16.0 Å². The molecule has 16 nitrogen and oxygen atoms in total. The third kappa shape index (κ3) is 27.6. The van der Waals surface area contributed by atoms with Crippen LogP contribution in [0.1, 0.15) is 43.2 Å². The molecule has 56 heavy (non-hydrogen) atoms. The summed E-state index contributed by atoms with van der Waals surface area (Å²) in [4.78, 5) is 97.6. The van der Waals surface area contributed by atoms with Crippen LogP contribution in [-0.2, 0) is 44.5 Å². The lowest BCUT2D eigenvalue weighted by Crippen LogP contribution is -2.39. The van der Waals surface area contributed by atoms with E-state index in [1.165, 1.54) is 20.3 Å². The summed E-state index contributed by atoms with van der Waals surface area (Å²) in [6, 6.07) is 18.7. The predicted molar refractivity (Wildman–Crippen MR) is 209 cm³/mol. The van der Waals surface area contributed by atoms with Crippen LogP contribution in [0.5, 0.6) is 0 Å². The number of hydroxylamine groups is 2. The van der Waals surface area contributed by atoms with Crippen LogP contribution in [0, 0.1) is 0 Å². The smallest absolute Gasteiger partial charge is 0.416 e. The molecule has 2 aromatic rings. The van der Waals surface area contributed by atoms with E-state index in [1.54, 1.807) is 0 Å². The molecule has 0 aliphatic carbocycles. The Bertz CT molecular complexity index is 1650. The number of amides is 4. The fourth-order valence-electron chi connectivity index (χ4n) is 4.15. The molecule has 2 aliphatic heterocycles. The van der Waals surface area contributed by atoms with Crippen molar-refractivity contribution >= 4 is 107 Å². The maximum Gasteiger partial charge on any atom is 0.416 e. The fourth-order valence-corrected chi connectivity index (χ4v) is 4.90. The van der Waals surface area contributed by atoms with Gasteiger partial charge in [-0.05, 0) is 37.8 Å². The van der Waals surface area contributed by atoms with Gasteiger partial charge in [-0.1, -0.05) is 60.7 Å². The highest BCUT2D eigenvalue weighted by atomic mass is 31.2. The van der Waals surface area contributed by atoms with Crippen LogP contribution < -0.4 is 0 Å². The van der Waals surface area contributed by atoms with E-state index in [0.29, 0.717) is 11.5 Å². The number of carbonyl (C=O) groups is 9. The Morgan fingerprint density at radius 2 is 1.29 bits per heavy atom. The van der Waals surface area contributed by atoms with Gasteiger partial charge in [0.25, 0.3) is 17.7 Å². The van der Waals surface area contributed by atoms with Crippen molar-refractivity contribution in [2.45, 2.75) is 44.6 Å². The molecule has 4 rings (SSSR count). The normalized spacial score (nSPS) is 14.4. The van der Waals surface area contributed by atoms with Gasteiger partial charge in [0.1, 0.15) is 6.61 Å². The molecule has 12 radical (unpaired) electrons. The van der Waals surface area contributed by atoms with Crippen molar-refractivity contribution < 1.29 is 67.5 Å². The number of benzene rings is 2. The lowest BCUT2D eigenvalue weighted by atomic mass is 9.88. The van der Waals surface area contributed by atoms with Gasteiger partial charge in [0.15, 0.2) is 29.3 Å². The zero-order chi connectivity index (χ0) is 43.6. The third-order valence-electron chi connectivity index (χ3n) is 6.18. The number of aliphatic hydroxyl groups is 1. The van der Waals surface area contributed by atoms with Crippen molar-refractivity contribution in [1.82, 2.24) is 9.96 Å². The molecule has 2 heterocycles. The number of imide groups is 2. The quantitative estimate of drug-likeness (QED) is 0.208. The molecule has 2 aliphatic rings. The molecular weight excluding hydrogens is 744 g/mol. The summed E-state index contributed by atoms with van der Waals surface area (Å²) in [7, 11) is 25.8. The minimum absolute atomic E-state index is 0.0208. The highest BCUT2D eigenvalue weighted by Gasteiger charge is 2.35. The number of aliphatic hydroxyl groups excluding tert-OH is 1. The summed E-state index contributed by atoms with van der Waals surface area (Å²) < 4.78 is 15.5. The fraction of sp³-hybridized carbons (Fsp3) is 0.364. The molecule has 0 aromatic heterocycles. The Morgan fingerprint density at radius 3 is 1.62 bits per heavy atom. The molecule has 2 atom stereocenters. The van der Waals surface area contributed by atoms with Gasteiger partial charge in [0, 0.05) is 31.3 Å². The van der Waals surface area contributed by atoms with E-state index in [9.17, 15) is 42.9 Å². The second-order valence-electron chi connectivity index (χ2n) is 11.7. The van der Waals surface area contributed by atoms with E-state index < -0.39 is 48.3 Å². The summed E-state index contributed by atoms with van der Waals surface area (Å²) >= 11 is 0. The molecule has 0 saturated carbocycles. The Labute approximate surface area is 332 Å². The Morgan fingerprint density at radius 1 is 0.839 bits per heavy atom. The number of carbonyl (C=O) groups excluding carboxylic acids is 8. The first-order valence-electron chi connectivity index (χ1n) is 16.0. The highest BCUT2D eigenvalue weighted by Crippen LogP contribution is 2.34. The van der Waals surface area contributed by atoms with Crippen molar-refractivity contribution in [3.8, 4) is 0 Å². The van der Waals surface area contributed by atoms with Gasteiger partial charge in [-0.25, -0.2) is 4.79 Å². The Kier molecular flexibility index (Phi) is 27.0. The zero-order valence-electron chi connectivity index (χ0n) is 31.0. The van der Waals surface area contributed by atoms with Gasteiger partial charge in [-0.2, -0.15) is 0 Å². The third-order valence-corrected chi connectivity index (χ3v) is 7.25. The van der Waals surface area contributed by atoms with Crippen LogP contribution >= 0.6 is 7.14 Å². The molecule has 0 bridgehead atoms. The molecule has 286 valence electrons. The first kappa shape index (κ1) is 53.2. The number of ether oxygens (including phenoxy) is 1. The molecular formula is C33H37B6N2O14P. The van der Waals surface area contributed by atoms with Crippen LogP contribution in [0.4, 0.5) is 19.2 Å². The standard InChI is InChI=1S/C11H10BNO3.C10H11BO2.C5H4BNO4.C4H8BO2P.C2H3BO.CHBO2/c12-10(14)13-9(7-16-11(13)15)6-8-4-2-1-3-5-8;11-10(13)6-9(7-12)8-4-2-1-3-5-8;6-5(10)11-7-3(8)1-2-4(7)9;1-8(2,7)3-4(5)6;1-2(3)4;2-1(3)4/h1-5,9H,6-7H2;1-5,9,12H,6-7H2;1-2H2;3H2,1-2H3;1H3;(H,3,4)/t2*9-;;;;/m00..../s1. The zero-order valence-corrected chi connectivity index (χ0v) is 31.9. The first-order chi connectivity index (χ1) is 25.9. The Hall–Kier alpha value is -4.95. The molecule has 23 heteroatoms. The van der Waals surface area contributed by atoms with E-state index in [2.05, 4.69) is 28.4 Å². The number of hydrogen-bond acceptors (Lipinski definition) is 13. The van der Waals surface area contributed by atoms with Gasteiger partial charge >= 0.3 is 6.09 Å². The number of cyclic esters (lactones) is 1. The predicted octanol–water partition coefficient (Wildman–Crippen LogP) is 1.38. The number of hydrogen-bond donors (Lipinski definition) is 2. The van der Waals surface area contributed by atoms with Gasteiger partial charge in [-0.15, -0.1) is 5.06 Å². The summed E-state index contributed by atoms with van der Waals surface area (Å²) in [5.74, 6) is -4.49. The van der Waals surface area contributed by atoms with Crippen molar-refractivity contribution in [3.05, 3.63) is 71.8 Å². The van der Waals surface area contributed by atoms with Crippen molar-refractivity contribution in [1.29, 1.82) is 0 Å². The molecule has 2 saturated heterocycles. The van der Waals surface area contributed by atoms with Crippen LogP contribution in [0.3, 0.4) is 0 Å². The van der Waals surface area contributed by atoms with E-state index >= 15 is 0 Å². The van der Waals surface area contributed by atoms with Crippen LogP contribution in [0.25, 0.3) is 0 Å². The minimum atomic E-state index is -2.20. The van der Waals surface area contributed by atoms with E-state index in [4.69, 9.17) is 43.3 Å². The van der Waals surface area contributed by atoms with Crippen LogP contribution in [0.2, 0.25) is 0 Å². The van der Waals surface area contributed by atoms with E-state index in [1.807, 2.05) is 60.7 Å². The summed E-state index contributed by atoms with van der Waals surface area (Å²) in [6.07, 6.45) is 0.273. The average Bonchev–Trinajstić information content (AvgIpc) is 3.59. The Balaban J connectivity index is 0. The van der Waals surface area contributed by atoms with Crippen molar-refractivity contribution in [2.75, 3.05) is 32.7 Å². The lowest BCUT2D eigenvalue weighted by Gasteiger charge is -2.18. The SMILES string of the molecule is [B]C(=O)CP(C)(C)=O.[B]C(=O)C[C@@H](CO)c1ccccc1.[B]C(=O)N1C(=O)OC[C@@H]1Cc1ccccc1.[B]C(=O)O.[B]C(=O)ON1C(=O)CCC1=O.[B]C(C)=O. The monoisotopic (exact) mass is 782 g/mol. The van der Waals surface area contributed by atoms with Gasteiger partial charge in [-0.3, -0.25) is 28.9 Å². The molecule has 2 N–H and O–H groups in total. The number of rotatable bonds is 9. The maximum absolute atomic E-state index is 11.2. The minimum Gasteiger partial charge on any atom is -0.490 e. The maximum atomic E-state index is 11.2. The molecule has 2 aromatic carbocycles. The average molecular weight is 782 g/mol. The topological polar surface area (TPSA) is 236 Å². The number of carboxylic acid groups (broad SMARTS) is 1. The molecule has 2 fully saturated rings.